The van der Waals surface area contributed by atoms with Gasteiger partial charge in [-0.1, -0.05) is 24.3 Å². The molecule has 0 saturated heterocycles. The normalized spacial score (nSPS) is 16.6. The molecule has 0 unspecified atom stereocenters. The number of nitriles is 1. The van der Waals surface area contributed by atoms with E-state index in [2.05, 4.69) is 0 Å². The summed E-state index contributed by atoms with van der Waals surface area (Å²) in [5, 5.41) is 10.1. The van der Waals surface area contributed by atoms with Crippen LogP contribution in [0.1, 0.15) is 12.4 Å². The van der Waals surface area contributed by atoms with Gasteiger partial charge < -0.3 is 4.74 Å². The minimum Gasteiger partial charge on any atom is -0.497 e. The Kier molecular flexibility index (Phi) is 1.39. The predicted octanol–water partition coefficient (Wildman–Crippen LogP) is 2.91. The van der Waals surface area contributed by atoms with Gasteiger partial charge in [0.05, 0.1) is 23.6 Å². The molecule has 0 aromatic heterocycles. The van der Waals surface area contributed by atoms with Crippen molar-refractivity contribution in [1.82, 2.24) is 0 Å². The molecule has 0 aliphatic rings. The molecule has 0 aliphatic heterocycles. The van der Waals surface area contributed by atoms with Gasteiger partial charge in [0.2, 0.25) is 0 Å². The van der Waals surface area contributed by atoms with Crippen LogP contribution in [0.25, 0.3) is 10.8 Å². The third kappa shape index (κ3) is 1.77. The maximum Gasteiger partial charge on any atom is 0.119 e. The minimum absolute atomic E-state index is 0.110. The van der Waals surface area contributed by atoms with Crippen LogP contribution in [0, 0.1) is 11.3 Å². The Morgan fingerprint density at radius 1 is 1.47 bits per heavy atom. The van der Waals surface area contributed by atoms with E-state index in [-0.39, 0.29) is 11.3 Å². The van der Waals surface area contributed by atoms with Crippen LogP contribution in [0.3, 0.4) is 0 Å². The van der Waals surface area contributed by atoms with Gasteiger partial charge >= 0.3 is 0 Å². The van der Waals surface area contributed by atoms with E-state index in [0.717, 1.165) is 0 Å². The van der Waals surface area contributed by atoms with Crippen molar-refractivity contribution in [2.45, 2.75) is 6.37 Å². The van der Waals surface area contributed by atoms with Gasteiger partial charge in [-0.3, -0.25) is 0 Å². The lowest BCUT2D eigenvalue weighted by Crippen LogP contribution is -1.87. The molecule has 2 aromatic rings. The Morgan fingerprint density at radius 3 is 3.20 bits per heavy atom. The van der Waals surface area contributed by atoms with Gasteiger partial charge in [-0.05, 0) is 28.5 Å². The number of fused-ring (bicyclic) bond motifs is 1. The first-order valence-corrected chi connectivity index (χ1v) is 4.36. The number of nitrogens with zero attached hydrogens (tertiary/aromatic N) is 1. The Hall–Kier alpha value is -2.01. The van der Waals surface area contributed by atoms with Crippen LogP contribution < -0.4 is 4.74 Å². The summed E-state index contributed by atoms with van der Waals surface area (Å²) in [6.07, 6.45) is -2.15. The number of methoxy groups -OCH3 is 1. The molecule has 0 atom stereocenters. The molecule has 2 heteroatoms. The maximum atomic E-state index is 8.92. The van der Waals surface area contributed by atoms with Crippen LogP contribution >= 0.6 is 0 Å². The first-order chi connectivity index (χ1) is 9.23. The molecule has 0 fully saturated rings. The summed E-state index contributed by atoms with van der Waals surface area (Å²) < 4.78 is 41.4. The van der Waals surface area contributed by atoms with E-state index in [1.807, 2.05) is 0 Å². The van der Waals surface area contributed by atoms with Crippen LogP contribution in [-0.4, -0.2) is 7.04 Å². The average Bonchev–Trinajstić information content (AvgIpc) is 2.36. The molecule has 74 valence electrons. The van der Waals surface area contributed by atoms with E-state index in [1.165, 1.54) is 18.2 Å². The average molecular weight is 202 g/mol. The number of hydrogen-bond acceptors (Lipinski definition) is 2. The van der Waals surface area contributed by atoms with Crippen LogP contribution in [0.15, 0.2) is 36.4 Å². The molecule has 0 aliphatic carbocycles. The van der Waals surface area contributed by atoms with Gasteiger partial charge in [0.15, 0.2) is 0 Å². The molecule has 0 N–H and O–H groups in total. The lowest BCUT2D eigenvalue weighted by atomic mass is 10.0. The highest BCUT2D eigenvalue weighted by atomic mass is 16.5. The standard InChI is InChI=1S/C13H11NO/c1-15-12-6-5-10-3-2-4-11(7-8-14)13(10)9-12/h2-6,9H,7H2,1H3/i1D3,7D2. The van der Waals surface area contributed by atoms with E-state index in [0.29, 0.717) is 10.8 Å². The van der Waals surface area contributed by atoms with Crippen molar-refractivity contribution in [3.8, 4) is 11.8 Å². The second-order valence-electron chi connectivity index (χ2n) is 3.03. The Bertz CT molecular complexity index is 687. The van der Waals surface area contributed by atoms with E-state index in [4.69, 9.17) is 16.9 Å². The van der Waals surface area contributed by atoms with E-state index < -0.39 is 13.4 Å². The minimum atomic E-state index is -2.57. The van der Waals surface area contributed by atoms with Crippen LogP contribution in [0.5, 0.6) is 5.75 Å². The van der Waals surface area contributed by atoms with E-state index in [9.17, 15) is 0 Å². The zero-order valence-electron chi connectivity index (χ0n) is 12.8. The fourth-order valence-corrected chi connectivity index (χ4v) is 1.48. The summed E-state index contributed by atoms with van der Waals surface area (Å²) in [4.78, 5) is 0. The zero-order chi connectivity index (χ0) is 15.0. The van der Waals surface area contributed by atoms with Crippen molar-refractivity contribution in [1.29, 1.82) is 5.26 Å². The predicted molar refractivity (Wildman–Crippen MR) is 59.8 cm³/mol. The van der Waals surface area contributed by atoms with Crippen molar-refractivity contribution >= 4 is 10.8 Å². The smallest absolute Gasteiger partial charge is 0.119 e. The fraction of sp³-hybridized carbons (Fsp3) is 0.154. The lowest BCUT2D eigenvalue weighted by molar-refractivity contribution is 0.415. The topological polar surface area (TPSA) is 33.0 Å². The molecule has 2 nitrogen and oxygen atoms in total. The molecule has 15 heavy (non-hydrogen) atoms. The summed E-state index contributed by atoms with van der Waals surface area (Å²) in [7, 11) is -2.57. The summed E-state index contributed by atoms with van der Waals surface area (Å²) >= 11 is 0. The molecule has 0 spiro atoms. The Labute approximate surface area is 95.7 Å². The first-order valence-electron chi connectivity index (χ1n) is 6.86. The molecule has 0 saturated carbocycles. The van der Waals surface area contributed by atoms with Crippen LogP contribution in [0.4, 0.5) is 0 Å². The van der Waals surface area contributed by atoms with Gasteiger partial charge in [0.25, 0.3) is 0 Å². The summed E-state index contributed by atoms with van der Waals surface area (Å²) in [5.41, 5.74) is 0.188. The molecular weight excluding hydrogens is 186 g/mol. The van der Waals surface area contributed by atoms with Crippen molar-refractivity contribution in [3.63, 3.8) is 0 Å². The van der Waals surface area contributed by atoms with Gasteiger partial charge in [-0.2, -0.15) is 5.26 Å². The van der Waals surface area contributed by atoms with Crippen LogP contribution in [-0.2, 0) is 6.37 Å². The van der Waals surface area contributed by atoms with Gasteiger partial charge in [0, 0.05) is 2.74 Å². The quantitative estimate of drug-likeness (QED) is 0.750. The first kappa shape index (κ1) is 5.18. The van der Waals surface area contributed by atoms with Crippen molar-refractivity contribution in [2.75, 3.05) is 7.04 Å². The fourth-order valence-electron chi connectivity index (χ4n) is 1.48. The number of ether oxygens (including phenoxy) is 1. The maximum absolute atomic E-state index is 8.92. The lowest BCUT2D eigenvalue weighted by Gasteiger charge is -2.05. The molecule has 0 radical (unpaired) electrons. The van der Waals surface area contributed by atoms with Gasteiger partial charge in [0.1, 0.15) is 5.75 Å². The number of benzene rings is 2. The Balaban J connectivity index is 2.61. The molecular formula is C13H11NO. The third-order valence-electron chi connectivity index (χ3n) is 2.16. The SMILES string of the molecule is [2H]C([2H])([2H])Oc1ccc2cccc(C([2H])([2H])C#N)c2c1. The molecule has 2 aromatic carbocycles. The Morgan fingerprint density at radius 2 is 2.40 bits per heavy atom. The number of rotatable bonds is 2. The van der Waals surface area contributed by atoms with Gasteiger partial charge in [-0.15, -0.1) is 0 Å². The van der Waals surface area contributed by atoms with Crippen LogP contribution in [0.2, 0.25) is 0 Å². The summed E-state index contributed by atoms with van der Waals surface area (Å²) in [6.45, 7) is 0. The highest BCUT2D eigenvalue weighted by Gasteiger charge is 2.01. The largest absolute Gasteiger partial charge is 0.497 e. The number of hydrogen-bond donors (Lipinski definition) is 0. The van der Waals surface area contributed by atoms with Crippen molar-refractivity contribution < 1.29 is 11.6 Å². The second-order valence-corrected chi connectivity index (χ2v) is 3.03. The second kappa shape index (κ2) is 4.02. The van der Waals surface area contributed by atoms with E-state index in [1.54, 1.807) is 24.3 Å². The highest BCUT2D eigenvalue weighted by molar-refractivity contribution is 5.87. The highest BCUT2D eigenvalue weighted by Crippen LogP contribution is 2.24. The zero-order valence-corrected chi connectivity index (χ0v) is 7.82. The molecule has 0 bridgehead atoms. The van der Waals surface area contributed by atoms with E-state index >= 15 is 0 Å². The molecule has 2 rings (SSSR count). The molecule has 0 heterocycles. The van der Waals surface area contributed by atoms with Crippen molar-refractivity contribution in [3.05, 3.63) is 42.0 Å². The summed E-state index contributed by atoms with van der Waals surface area (Å²) in [5.74, 6) is 0.110. The molecule has 0 amide bonds. The summed E-state index contributed by atoms with van der Waals surface area (Å²) in [6, 6.07) is 11.1. The monoisotopic (exact) mass is 202 g/mol. The van der Waals surface area contributed by atoms with Crippen molar-refractivity contribution in [2.24, 2.45) is 0 Å². The van der Waals surface area contributed by atoms with Gasteiger partial charge in [-0.25, -0.2) is 0 Å². The third-order valence-corrected chi connectivity index (χ3v) is 2.16.